The van der Waals surface area contributed by atoms with Gasteiger partial charge in [0.05, 0.1) is 39.1 Å². The van der Waals surface area contributed by atoms with Crippen molar-refractivity contribution < 1.29 is 14.2 Å². The van der Waals surface area contributed by atoms with Gasteiger partial charge in [0.1, 0.15) is 0 Å². The van der Waals surface area contributed by atoms with Gasteiger partial charge in [0, 0.05) is 7.11 Å². The Hall–Kier alpha value is -0.940. The third-order valence-corrected chi connectivity index (χ3v) is 2.92. The lowest BCUT2D eigenvalue weighted by Gasteiger charge is -2.17. The number of ether oxygens (including phenoxy) is 3. The molecule has 0 spiro atoms. The normalized spacial score (nSPS) is 12.6. The number of aryl methyl sites for hydroxylation is 1. The van der Waals surface area contributed by atoms with Crippen LogP contribution in [-0.2, 0) is 14.2 Å². The Kier molecular flexibility index (Phi) is 8.41. The summed E-state index contributed by atoms with van der Waals surface area (Å²) in [4.78, 5) is 0. The van der Waals surface area contributed by atoms with Gasteiger partial charge in [-0.25, -0.2) is 0 Å². The SMILES string of the molecule is CNC(COCCOCCOC)c1ccc(C)cc1. The van der Waals surface area contributed by atoms with E-state index in [-0.39, 0.29) is 6.04 Å². The lowest BCUT2D eigenvalue weighted by atomic mass is 10.1. The summed E-state index contributed by atoms with van der Waals surface area (Å²) < 4.78 is 15.9. The van der Waals surface area contributed by atoms with E-state index in [0.29, 0.717) is 33.0 Å². The summed E-state index contributed by atoms with van der Waals surface area (Å²) in [5.74, 6) is 0. The fraction of sp³-hybridized carbons (Fsp3) is 0.600. The molecule has 0 radical (unpaired) electrons. The molecule has 0 aliphatic heterocycles. The fourth-order valence-electron chi connectivity index (χ4n) is 1.71. The van der Waals surface area contributed by atoms with Gasteiger partial charge in [-0.2, -0.15) is 0 Å². The molecule has 0 bridgehead atoms. The molecule has 1 atom stereocenters. The third kappa shape index (κ3) is 6.68. The number of hydrogen-bond donors (Lipinski definition) is 1. The van der Waals surface area contributed by atoms with Crippen molar-refractivity contribution in [2.75, 3.05) is 47.2 Å². The lowest BCUT2D eigenvalue weighted by Crippen LogP contribution is -2.22. The van der Waals surface area contributed by atoms with Crippen molar-refractivity contribution in [2.45, 2.75) is 13.0 Å². The van der Waals surface area contributed by atoms with E-state index in [1.807, 2.05) is 7.05 Å². The van der Waals surface area contributed by atoms with Gasteiger partial charge < -0.3 is 19.5 Å². The van der Waals surface area contributed by atoms with Crippen LogP contribution >= 0.6 is 0 Å². The van der Waals surface area contributed by atoms with Gasteiger partial charge in [0.25, 0.3) is 0 Å². The summed E-state index contributed by atoms with van der Waals surface area (Å²) in [7, 11) is 3.61. The van der Waals surface area contributed by atoms with Crippen LogP contribution in [0.5, 0.6) is 0 Å². The van der Waals surface area contributed by atoms with Gasteiger partial charge in [-0.1, -0.05) is 29.8 Å². The minimum absolute atomic E-state index is 0.222. The molecule has 0 heterocycles. The van der Waals surface area contributed by atoms with Crippen molar-refractivity contribution in [1.29, 1.82) is 0 Å². The van der Waals surface area contributed by atoms with Gasteiger partial charge in [0.15, 0.2) is 0 Å². The van der Waals surface area contributed by atoms with Crippen molar-refractivity contribution in [2.24, 2.45) is 0 Å². The first-order valence-corrected chi connectivity index (χ1v) is 6.66. The molecular formula is C15H25NO3. The van der Waals surface area contributed by atoms with E-state index in [4.69, 9.17) is 14.2 Å². The zero-order chi connectivity index (χ0) is 13.9. The van der Waals surface area contributed by atoms with E-state index < -0.39 is 0 Å². The predicted molar refractivity (Wildman–Crippen MR) is 76.5 cm³/mol. The highest BCUT2D eigenvalue weighted by atomic mass is 16.5. The molecule has 0 amide bonds. The van der Waals surface area contributed by atoms with Crippen LogP contribution in [-0.4, -0.2) is 47.2 Å². The molecule has 0 fully saturated rings. The number of hydrogen-bond acceptors (Lipinski definition) is 4. The molecule has 0 aliphatic carbocycles. The molecule has 4 heteroatoms. The van der Waals surface area contributed by atoms with E-state index in [0.717, 1.165) is 0 Å². The summed E-state index contributed by atoms with van der Waals surface area (Å²) in [6.07, 6.45) is 0. The Morgan fingerprint density at radius 2 is 1.63 bits per heavy atom. The summed E-state index contributed by atoms with van der Waals surface area (Å²) in [6.45, 7) is 5.19. The maximum atomic E-state index is 5.62. The number of rotatable bonds is 10. The van der Waals surface area contributed by atoms with E-state index in [9.17, 15) is 0 Å². The minimum atomic E-state index is 0.222. The quantitative estimate of drug-likeness (QED) is 0.658. The molecule has 0 saturated carbocycles. The summed E-state index contributed by atoms with van der Waals surface area (Å²) in [6, 6.07) is 8.73. The van der Waals surface area contributed by atoms with Crippen molar-refractivity contribution in [3.05, 3.63) is 35.4 Å². The maximum Gasteiger partial charge on any atom is 0.0701 e. The highest BCUT2D eigenvalue weighted by molar-refractivity contribution is 5.24. The zero-order valence-corrected chi connectivity index (χ0v) is 12.1. The molecular weight excluding hydrogens is 242 g/mol. The van der Waals surface area contributed by atoms with Crippen LogP contribution in [0.15, 0.2) is 24.3 Å². The summed E-state index contributed by atoms with van der Waals surface area (Å²) >= 11 is 0. The van der Waals surface area contributed by atoms with Crippen molar-refractivity contribution in [1.82, 2.24) is 5.32 Å². The Morgan fingerprint density at radius 1 is 1.00 bits per heavy atom. The Morgan fingerprint density at radius 3 is 2.26 bits per heavy atom. The first-order valence-electron chi connectivity index (χ1n) is 6.66. The second-order valence-electron chi connectivity index (χ2n) is 4.43. The molecule has 19 heavy (non-hydrogen) atoms. The van der Waals surface area contributed by atoms with E-state index in [1.54, 1.807) is 7.11 Å². The minimum Gasteiger partial charge on any atom is -0.382 e. The number of benzene rings is 1. The van der Waals surface area contributed by atoms with Crippen molar-refractivity contribution in [3.8, 4) is 0 Å². The van der Waals surface area contributed by atoms with Crippen LogP contribution in [0, 0.1) is 6.92 Å². The molecule has 1 aromatic rings. The third-order valence-electron chi connectivity index (χ3n) is 2.92. The van der Waals surface area contributed by atoms with Crippen molar-refractivity contribution >= 4 is 0 Å². The summed E-state index contributed by atoms with van der Waals surface area (Å²) in [5.41, 5.74) is 2.51. The van der Waals surface area contributed by atoms with Crippen LogP contribution in [0.4, 0.5) is 0 Å². The average molecular weight is 267 g/mol. The molecule has 0 aromatic heterocycles. The van der Waals surface area contributed by atoms with Crippen molar-refractivity contribution in [3.63, 3.8) is 0 Å². The monoisotopic (exact) mass is 267 g/mol. The van der Waals surface area contributed by atoms with Crippen LogP contribution in [0.2, 0.25) is 0 Å². The molecule has 1 rings (SSSR count). The number of nitrogens with one attached hydrogen (secondary N) is 1. The van der Waals surface area contributed by atoms with E-state index in [2.05, 4.69) is 36.5 Å². The molecule has 1 aromatic carbocycles. The first-order chi connectivity index (χ1) is 9.27. The lowest BCUT2D eigenvalue weighted by molar-refractivity contribution is 0.0197. The fourth-order valence-corrected chi connectivity index (χ4v) is 1.71. The molecule has 1 N–H and O–H groups in total. The van der Waals surface area contributed by atoms with Crippen LogP contribution < -0.4 is 5.32 Å². The van der Waals surface area contributed by atoms with Gasteiger partial charge in [-0.15, -0.1) is 0 Å². The van der Waals surface area contributed by atoms with Gasteiger partial charge in [0.2, 0.25) is 0 Å². The number of likely N-dealkylation sites (N-methyl/N-ethyl adjacent to an activating group) is 1. The standard InChI is InChI=1S/C15H25NO3/c1-13-4-6-14(7-5-13)15(16-2)12-19-11-10-18-9-8-17-3/h4-7,15-16H,8-12H2,1-3H3. The van der Waals surface area contributed by atoms with Gasteiger partial charge in [-0.05, 0) is 19.5 Å². The maximum absolute atomic E-state index is 5.62. The molecule has 0 aliphatic rings. The van der Waals surface area contributed by atoms with Gasteiger partial charge >= 0.3 is 0 Å². The van der Waals surface area contributed by atoms with Crippen LogP contribution in [0.3, 0.4) is 0 Å². The van der Waals surface area contributed by atoms with E-state index in [1.165, 1.54) is 11.1 Å². The second kappa shape index (κ2) is 9.92. The van der Waals surface area contributed by atoms with Gasteiger partial charge in [-0.3, -0.25) is 0 Å². The Balaban J connectivity index is 2.20. The smallest absolute Gasteiger partial charge is 0.0701 e. The average Bonchev–Trinajstić information content (AvgIpc) is 2.43. The summed E-state index contributed by atoms with van der Waals surface area (Å²) in [5, 5.41) is 3.26. The topological polar surface area (TPSA) is 39.7 Å². The van der Waals surface area contributed by atoms with Crippen LogP contribution in [0.1, 0.15) is 17.2 Å². The second-order valence-corrected chi connectivity index (χ2v) is 4.43. The predicted octanol–water partition coefficient (Wildman–Crippen LogP) is 1.94. The first kappa shape index (κ1) is 16.1. The highest BCUT2D eigenvalue weighted by Crippen LogP contribution is 2.13. The highest BCUT2D eigenvalue weighted by Gasteiger charge is 2.08. The number of methoxy groups -OCH3 is 1. The largest absolute Gasteiger partial charge is 0.382 e. The van der Waals surface area contributed by atoms with E-state index >= 15 is 0 Å². The molecule has 1 unspecified atom stereocenters. The van der Waals surface area contributed by atoms with Crippen LogP contribution in [0.25, 0.3) is 0 Å². The molecule has 0 saturated heterocycles. The zero-order valence-electron chi connectivity index (χ0n) is 12.1. The molecule has 108 valence electrons. The molecule has 4 nitrogen and oxygen atoms in total. The Labute approximate surface area is 116 Å². The Bertz CT molecular complexity index is 327.